The van der Waals surface area contributed by atoms with Gasteiger partial charge in [-0.1, -0.05) is 146 Å². The Morgan fingerprint density at radius 1 is 0.361 bits per heavy atom. The van der Waals surface area contributed by atoms with Crippen LogP contribution in [0, 0.1) is 11.3 Å². The van der Waals surface area contributed by atoms with Crippen LogP contribution in [0.4, 0.5) is 0 Å². The molecule has 0 saturated heterocycles. The number of hydrogen-bond acceptors (Lipinski definition) is 6. The fourth-order valence-corrected chi connectivity index (χ4v) is 11.0. The largest absolute Gasteiger partial charge is 0.456 e. The maximum atomic E-state index is 11.6. The number of nitrogens with zero attached hydrogens (tertiary/aromatic N) is 6. The molecule has 0 unspecified atom stereocenters. The van der Waals surface area contributed by atoms with Gasteiger partial charge in [-0.25, -0.2) is 15.0 Å². The number of nitriles is 1. The number of para-hydroxylation sites is 4. The summed E-state index contributed by atoms with van der Waals surface area (Å²) in [6.07, 6.45) is 0. The SMILES string of the molecule is N#Cc1cc(-c2nc(-c3ccccc3)nc(-c3ccccc3)n2)c2oc3ccccc3c2c1-n1c2ccc(-c3ccc4oc5ccccc5c4c3)cc2c2cc3c(cc21)c1ccccc1n3-c1ccccc1. The first-order chi connectivity index (χ1) is 35.6. The number of hydrogen-bond donors (Lipinski definition) is 0. The van der Waals surface area contributed by atoms with E-state index in [4.69, 9.17) is 23.8 Å². The lowest BCUT2D eigenvalue weighted by atomic mass is 10.00. The topological polar surface area (TPSA) is 98.6 Å². The highest BCUT2D eigenvalue weighted by Gasteiger charge is 2.27. The van der Waals surface area contributed by atoms with Gasteiger partial charge < -0.3 is 18.0 Å². The van der Waals surface area contributed by atoms with Crippen molar-refractivity contribution in [2.24, 2.45) is 0 Å². The van der Waals surface area contributed by atoms with Crippen molar-refractivity contribution in [3.8, 4) is 62.7 Å². The summed E-state index contributed by atoms with van der Waals surface area (Å²) in [5.41, 5.74) is 13.7. The van der Waals surface area contributed by atoms with Crippen LogP contribution in [-0.4, -0.2) is 24.1 Å². The van der Waals surface area contributed by atoms with E-state index in [0.29, 0.717) is 45.5 Å². The molecular weight excluding hydrogens is 885 g/mol. The summed E-state index contributed by atoms with van der Waals surface area (Å²) in [5, 5.41) is 19.7. The molecule has 72 heavy (non-hydrogen) atoms. The third-order valence-corrected chi connectivity index (χ3v) is 14.2. The quantitative estimate of drug-likeness (QED) is 0.165. The Bertz CT molecular complexity index is 4690. The molecule has 0 spiro atoms. The Hall–Kier alpha value is -10.1. The molecule has 15 aromatic rings. The van der Waals surface area contributed by atoms with E-state index in [1.54, 1.807) is 0 Å². The van der Waals surface area contributed by atoms with Crippen LogP contribution < -0.4 is 0 Å². The zero-order chi connectivity index (χ0) is 47.4. The van der Waals surface area contributed by atoms with Crippen molar-refractivity contribution in [3.05, 3.63) is 224 Å². The molecule has 0 aliphatic carbocycles. The van der Waals surface area contributed by atoms with Gasteiger partial charge in [-0.05, 0) is 83.9 Å². The Balaban J connectivity index is 1.06. The first kappa shape index (κ1) is 39.9. The number of rotatable bonds is 6. The average molecular weight is 921 g/mol. The molecule has 0 radical (unpaired) electrons. The summed E-state index contributed by atoms with van der Waals surface area (Å²) >= 11 is 0. The molecular formula is C64H36N6O2. The number of aromatic nitrogens is 5. The van der Waals surface area contributed by atoms with Gasteiger partial charge in [-0.3, -0.25) is 0 Å². The van der Waals surface area contributed by atoms with Gasteiger partial charge in [0.2, 0.25) is 0 Å². The summed E-state index contributed by atoms with van der Waals surface area (Å²) in [6, 6.07) is 77.5. The predicted molar refractivity (Wildman–Crippen MR) is 290 cm³/mol. The van der Waals surface area contributed by atoms with Crippen LogP contribution >= 0.6 is 0 Å². The van der Waals surface area contributed by atoms with Gasteiger partial charge in [0.25, 0.3) is 0 Å². The molecule has 5 aromatic heterocycles. The van der Waals surface area contributed by atoms with Crippen molar-refractivity contribution in [2.45, 2.75) is 0 Å². The third-order valence-electron chi connectivity index (χ3n) is 14.2. The van der Waals surface area contributed by atoms with Crippen LogP contribution in [0.25, 0.3) is 144 Å². The second-order valence-corrected chi connectivity index (χ2v) is 18.2. The molecule has 0 N–H and O–H groups in total. The van der Waals surface area contributed by atoms with Crippen LogP contribution in [0.2, 0.25) is 0 Å². The minimum Gasteiger partial charge on any atom is -0.456 e. The van der Waals surface area contributed by atoms with Crippen LogP contribution in [0.3, 0.4) is 0 Å². The van der Waals surface area contributed by atoms with Gasteiger partial charge in [0.05, 0.1) is 44.3 Å². The second-order valence-electron chi connectivity index (χ2n) is 18.2. The van der Waals surface area contributed by atoms with Gasteiger partial charge in [-0.15, -0.1) is 0 Å². The van der Waals surface area contributed by atoms with Gasteiger partial charge in [0, 0.05) is 54.5 Å². The van der Waals surface area contributed by atoms with E-state index in [9.17, 15) is 5.26 Å². The molecule has 0 aliphatic rings. The lowest BCUT2D eigenvalue weighted by molar-refractivity contribution is 0.668. The first-order valence-corrected chi connectivity index (χ1v) is 23.9. The Morgan fingerprint density at radius 2 is 0.875 bits per heavy atom. The monoisotopic (exact) mass is 920 g/mol. The maximum absolute atomic E-state index is 11.6. The van der Waals surface area contributed by atoms with Crippen molar-refractivity contribution >= 4 is 87.5 Å². The fourth-order valence-electron chi connectivity index (χ4n) is 11.0. The zero-order valence-electron chi connectivity index (χ0n) is 38.3. The Labute approximate surface area is 410 Å². The lowest BCUT2D eigenvalue weighted by Crippen LogP contribution is -2.03. The molecule has 0 saturated carbocycles. The van der Waals surface area contributed by atoms with Gasteiger partial charge in [0.1, 0.15) is 28.4 Å². The van der Waals surface area contributed by atoms with E-state index in [2.05, 4.69) is 137 Å². The Kier molecular flexibility index (Phi) is 8.55. The number of fused-ring (bicyclic) bond motifs is 12. The first-order valence-electron chi connectivity index (χ1n) is 23.9. The smallest absolute Gasteiger partial charge is 0.167 e. The van der Waals surface area contributed by atoms with Crippen LogP contribution in [0.1, 0.15) is 5.56 Å². The van der Waals surface area contributed by atoms with Crippen molar-refractivity contribution in [2.75, 3.05) is 0 Å². The highest BCUT2D eigenvalue weighted by molar-refractivity contribution is 6.22. The van der Waals surface area contributed by atoms with Crippen molar-refractivity contribution < 1.29 is 8.83 Å². The van der Waals surface area contributed by atoms with E-state index < -0.39 is 0 Å². The zero-order valence-corrected chi connectivity index (χ0v) is 38.3. The van der Waals surface area contributed by atoms with Crippen LogP contribution in [0.15, 0.2) is 227 Å². The van der Waals surface area contributed by atoms with Gasteiger partial charge in [-0.2, -0.15) is 5.26 Å². The number of furan rings is 2. The average Bonchev–Trinajstić information content (AvgIpc) is 4.20. The summed E-state index contributed by atoms with van der Waals surface area (Å²) in [4.78, 5) is 15.3. The summed E-state index contributed by atoms with van der Waals surface area (Å²) < 4.78 is 17.9. The molecule has 0 amide bonds. The van der Waals surface area contributed by atoms with E-state index >= 15 is 0 Å². The van der Waals surface area contributed by atoms with E-state index in [0.717, 1.165) is 104 Å². The highest BCUT2D eigenvalue weighted by atomic mass is 16.3. The minimum absolute atomic E-state index is 0.402. The molecule has 8 nitrogen and oxygen atoms in total. The molecule has 15 rings (SSSR count). The van der Waals surface area contributed by atoms with Gasteiger partial charge >= 0.3 is 0 Å². The normalized spacial score (nSPS) is 11.9. The second kappa shape index (κ2) is 15.5. The standard InChI is InChI=1S/C64H36N6O2/c65-37-42-34-51(64-67-62(38-16-4-1-5-17-38)66-63(68-64)39-18-6-2-7-19-39)61-59(46-24-12-15-27-57(46)72-61)60(42)70-53-30-28-40(41-29-31-58-50(33-41)45-23-11-14-26-56(45)71-58)32-47(53)49-36-54-48(35-55(49)70)44-22-10-13-25-52(44)69(54)43-20-8-3-9-21-43/h1-36H. The van der Waals surface area contributed by atoms with Crippen molar-refractivity contribution in [1.29, 1.82) is 5.26 Å². The molecule has 0 fully saturated rings. The van der Waals surface area contributed by atoms with E-state index in [1.807, 2.05) is 97.1 Å². The fraction of sp³-hybridized carbons (Fsp3) is 0. The molecule has 10 aromatic carbocycles. The van der Waals surface area contributed by atoms with Gasteiger partial charge in [0.15, 0.2) is 17.5 Å². The molecule has 334 valence electrons. The molecule has 0 bridgehead atoms. The molecule has 5 heterocycles. The maximum Gasteiger partial charge on any atom is 0.167 e. The summed E-state index contributed by atoms with van der Waals surface area (Å²) in [5.74, 6) is 1.44. The summed E-state index contributed by atoms with van der Waals surface area (Å²) in [6.45, 7) is 0. The minimum atomic E-state index is 0.402. The highest BCUT2D eigenvalue weighted by Crippen LogP contribution is 2.47. The Morgan fingerprint density at radius 3 is 1.58 bits per heavy atom. The predicted octanol–water partition coefficient (Wildman–Crippen LogP) is 16.4. The van der Waals surface area contributed by atoms with Crippen molar-refractivity contribution in [1.82, 2.24) is 24.1 Å². The van der Waals surface area contributed by atoms with Crippen LogP contribution in [-0.2, 0) is 0 Å². The summed E-state index contributed by atoms with van der Waals surface area (Å²) in [7, 11) is 0. The third kappa shape index (κ3) is 5.95. The molecule has 8 heteroatoms. The van der Waals surface area contributed by atoms with Crippen molar-refractivity contribution in [3.63, 3.8) is 0 Å². The van der Waals surface area contributed by atoms with Crippen LogP contribution in [0.5, 0.6) is 0 Å². The van der Waals surface area contributed by atoms with E-state index in [1.165, 1.54) is 0 Å². The molecule has 0 aliphatic heterocycles. The number of benzene rings is 10. The lowest BCUT2D eigenvalue weighted by Gasteiger charge is -2.15. The van der Waals surface area contributed by atoms with E-state index in [-0.39, 0.29) is 0 Å². The molecule has 0 atom stereocenters.